The van der Waals surface area contributed by atoms with Crippen LogP contribution in [0.1, 0.15) is 47.7 Å². The van der Waals surface area contributed by atoms with E-state index in [-0.39, 0.29) is 46.8 Å². The van der Waals surface area contributed by atoms with Gasteiger partial charge in [-0.05, 0) is 61.9 Å². The Morgan fingerprint density at radius 3 is 2.20 bits per heavy atom. The highest BCUT2D eigenvalue weighted by Gasteiger charge is 2.31. The molecule has 3 aromatic carbocycles. The van der Waals surface area contributed by atoms with E-state index < -0.39 is 33.9 Å². The Morgan fingerprint density at radius 2 is 1.52 bits per heavy atom. The monoisotopic (exact) mass is 572 g/mol. The van der Waals surface area contributed by atoms with E-state index in [0.717, 1.165) is 12.1 Å². The molecular weight excluding hydrogens is 549 g/mol. The van der Waals surface area contributed by atoms with Crippen LogP contribution in [-0.4, -0.2) is 32.4 Å². The number of Topliss-reactive ketones (excluding diaryl/α,β-unsaturated/α-hetero) is 1. The van der Waals surface area contributed by atoms with Crippen LogP contribution in [0.2, 0.25) is 0 Å². The number of carbonyl (C=O) groups excluding carboxylic acids is 3. The maximum Gasteiger partial charge on any atom is 0.573 e. The van der Waals surface area contributed by atoms with E-state index in [1.165, 1.54) is 49.4 Å². The van der Waals surface area contributed by atoms with E-state index in [1.54, 1.807) is 18.2 Å². The van der Waals surface area contributed by atoms with Crippen LogP contribution in [0.4, 0.5) is 18.9 Å². The fraction of sp³-hybridized carbons (Fsp3) is 0.179. The molecule has 3 aromatic rings. The fourth-order valence-corrected chi connectivity index (χ4v) is 4.60. The summed E-state index contributed by atoms with van der Waals surface area (Å²) in [5, 5.41) is 2.53. The molecule has 0 heterocycles. The summed E-state index contributed by atoms with van der Waals surface area (Å²) in [6.07, 6.45) is -4.66. The Labute approximate surface area is 228 Å². The number of hydrogen-bond donors (Lipinski definition) is 2. The molecule has 0 fully saturated rings. The lowest BCUT2D eigenvalue weighted by Crippen LogP contribution is -2.31. The smallest absolute Gasteiger partial charge is 0.406 e. The van der Waals surface area contributed by atoms with E-state index in [9.17, 15) is 36.0 Å². The van der Waals surface area contributed by atoms with Gasteiger partial charge >= 0.3 is 6.36 Å². The number of anilines is 1. The number of hydrogen-bond acceptors (Lipinski definition) is 6. The van der Waals surface area contributed by atoms with Crippen LogP contribution in [0.5, 0.6) is 5.75 Å². The summed E-state index contributed by atoms with van der Waals surface area (Å²) in [5.41, 5.74) is 0.655. The number of sulfonamides is 1. The lowest BCUT2D eigenvalue weighted by atomic mass is 10.1. The lowest BCUT2D eigenvalue weighted by molar-refractivity contribution is -0.274. The first-order valence-corrected chi connectivity index (χ1v) is 13.2. The topological polar surface area (TPSA) is 119 Å². The van der Waals surface area contributed by atoms with Crippen molar-refractivity contribution in [3.8, 4) is 17.6 Å². The quantitative estimate of drug-likeness (QED) is 0.356. The number of halogens is 3. The van der Waals surface area contributed by atoms with Crippen molar-refractivity contribution < 1.29 is 40.7 Å². The molecule has 0 spiro atoms. The molecule has 0 radical (unpaired) electrons. The van der Waals surface area contributed by atoms with Gasteiger partial charge in [-0.15, -0.1) is 13.2 Å². The molecule has 208 valence electrons. The molecule has 2 amide bonds. The van der Waals surface area contributed by atoms with Crippen molar-refractivity contribution in [1.82, 2.24) is 4.72 Å². The van der Waals surface area contributed by atoms with Crippen molar-refractivity contribution in [2.75, 3.05) is 5.32 Å². The van der Waals surface area contributed by atoms with Crippen molar-refractivity contribution in [3.63, 3.8) is 0 Å². The van der Waals surface area contributed by atoms with Gasteiger partial charge < -0.3 is 14.8 Å². The number of alkyl halides is 3. The SMILES string of the molecule is CC(=O)CCCC(=O)NS(=O)(=O)c1ccccc1NC(=O)c1ccccc1C#Cc1ccc(OC(F)(F)F)cc1. The second-order valence-corrected chi connectivity index (χ2v) is 10.1. The molecule has 0 atom stereocenters. The summed E-state index contributed by atoms with van der Waals surface area (Å²) < 4.78 is 68.6. The molecule has 0 saturated heterocycles. The minimum Gasteiger partial charge on any atom is -0.406 e. The first kappa shape index (κ1) is 29.9. The van der Waals surface area contributed by atoms with E-state index in [2.05, 4.69) is 21.9 Å². The molecule has 2 N–H and O–H groups in total. The Balaban J connectivity index is 1.78. The average molecular weight is 573 g/mol. The van der Waals surface area contributed by atoms with Gasteiger partial charge in [-0.2, -0.15) is 0 Å². The van der Waals surface area contributed by atoms with E-state index >= 15 is 0 Å². The van der Waals surface area contributed by atoms with Crippen molar-refractivity contribution in [2.45, 2.75) is 37.4 Å². The predicted octanol–water partition coefficient (Wildman–Crippen LogP) is 4.80. The van der Waals surface area contributed by atoms with E-state index in [1.807, 2.05) is 4.72 Å². The van der Waals surface area contributed by atoms with Crippen molar-refractivity contribution >= 4 is 33.3 Å². The van der Waals surface area contributed by atoms with Crippen LogP contribution in [0.3, 0.4) is 0 Å². The van der Waals surface area contributed by atoms with E-state index in [0.29, 0.717) is 5.56 Å². The molecule has 0 aliphatic rings. The molecule has 3 rings (SSSR count). The van der Waals surface area contributed by atoms with Gasteiger partial charge in [-0.25, -0.2) is 13.1 Å². The number of ether oxygens (including phenoxy) is 1. The Bertz CT molecular complexity index is 1570. The van der Waals surface area contributed by atoms with Crippen LogP contribution in [0.15, 0.2) is 77.7 Å². The molecule has 0 aromatic heterocycles. The highest BCUT2D eigenvalue weighted by molar-refractivity contribution is 7.90. The second-order valence-electron chi connectivity index (χ2n) is 8.40. The third-order valence-electron chi connectivity index (χ3n) is 5.21. The molecule has 40 heavy (non-hydrogen) atoms. The van der Waals surface area contributed by atoms with Crippen molar-refractivity contribution in [1.29, 1.82) is 0 Å². The molecule has 12 heteroatoms. The summed E-state index contributed by atoms with van der Waals surface area (Å²) in [7, 11) is -4.35. The third-order valence-corrected chi connectivity index (χ3v) is 6.64. The number of nitrogens with one attached hydrogen (secondary N) is 2. The van der Waals surface area contributed by atoms with Crippen LogP contribution >= 0.6 is 0 Å². The maximum absolute atomic E-state index is 13.1. The lowest BCUT2D eigenvalue weighted by Gasteiger charge is -2.13. The summed E-state index contributed by atoms with van der Waals surface area (Å²) in [6.45, 7) is 1.37. The summed E-state index contributed by atoms with van der Waals surface area (Å²) >= 11 is 0. The zero-order valence-corrected chi connectivity index (χ0v) is 21.9. The van der Waals surface area contributed by atoms with E-state index in [4.69, 9.17) is 0 Å². The molecule has 0 unspecified atom stereocenters. The van der Waals surface area contributed by atoms with Gasteiger partial charge in [0.2, 0.25) is 5.91 Å². The fourth-order valence-electron chi connectivity index (χ4n) is 3.42. The van der Waals surface area contributed by atoms with Gasteiger partial charge in [0.05, 0.1) is 11.3 Å². The summed E-state index contributed by atoms with van der Waals surface area (Å²) in [4.78, 5) is 35.9. The highest BCUT2D eigenvalue weighted by atomic mass is 32.2. The van der Waals surface area contributed by atoms with Gasteiger partial charge in [0.15, 0.2) is 0 Å². The molecular formula is C28H23F3N2O6S. The predicted molar refractivity (Wildman–Crippen MR) is 140 cm³/mol. The average Bonchev–Trinajstić information content (AvgIpc) is 2.87. The molecule has 0 aliphatic heterocycles. The first-order valence-electron chi connectivity index (χ1n) is 11.8. The second kappa shape index (κ2) is 12.9. The van der Waals surface area contributed by atoms with Crippen molar-refractivity contribution in [2.24, 2.45) is 0 Å². The number of amides is 2. The zero-order valence-electron chi connectivity index (χ0n) is 21.0. The minimum absolute atomic E-state index is 0.0837. The largest absolute Gasteiger partial charge is 0.573 e. The Hall–Kier alpha value is -4.63. The summed E-state index contributed by atoms with van der Waals surface area (Å²) in [6, 6.07) is 16.6. The van der Waals surface area contributed by atoms with Crippen LogP contribution in [0, 0.1) is 11.8 Å². The highest BCUT2D eigenvalue weighted by Crippen LogP contribution is 2.24. The molecule has 0 bridgehead atoms. The number of carbonyl (C=O) groups is 3. The van der Waals surface area contributed by atoms with Gasteiger partial charge in [0, 0.05) is 24.0 Å². The standard InChI is InChI=1S/C28H23F3N2O6S/c1-19(34)7-6-12-26(35)33-40(37,38)25-11-5-4-10-24(25)32-27(36)23-9-3-2-8-21(23)16-13-20-14-17-22(18-15-20)39-28(29,30)31/h2-5,8-11,14-15,17-18H,6-7,12H2,1H3,(H,32,36)(H,33,35). The van der Waals surface area contributed by atoms with Gasteiger partial charge in [-0.3, -0.25) is 9.59 Å². The van der Waals surface area contributed by atoms with Gasteiger partial charge in [0.1, 0.15) is 16.4 Å². The third kappa shape index (κ3) is 8.99. The Kier molecular flexibility index (Phi) is 9.68. The normalized spacial score (nSPS) is 11.1. The molecule has 0 saturated carbocycles. The molecule has 8 nitrogen and oxygen atoms in total. The number of para-hydroxylation sites is 1. The number of benzene rings is 3. The van der Waals surface area contributed by atoms with Crippen LogP contribution in [0.25, 0.3) is 0 Å². The van der Waals surface area contributed by atoms with Gasteiger partial charge in [-0.1, -0.05) is 36.1 Å². The van der Waals surface area contributed by atoms with Crippen molar-refractivity contribution in [3.05, 3.63) is 89.5 Å². The maximum atomic E-state index is 13.1. The van der Waals surface area contributed by atoms with Crippen LogP contribution < -0.4 is 14.8 Å². The summed E-state index contributed by atoms with van der Waals surface area (Å²) in [5.74, 6) is 3.55. The first-order chi connectivity index (χ1) is 18.8. The number of ketones is 1. The van der Waals surface area contributed by atoms with Gasteiger partial charge in [0.25, 0.3) is 15.9 Å². The zero-order chi connectivity index (χ0) is 29.3. The Morgan fingerprint density at radius 1 is 0.875 bits per heavy atom. The van der Waals surface area contributed by atoms with Crippen LogP contribution in [-0.2, 0) is 19.6 Å². The number of rotatable bonds is 9. The minimum atomic E-state index is -4.82. The molecule has 0 aliphatic carbocycles.